The van der Waals surface area contributed by atoms with Crippen LogP contribution in [0.25, 0.3) is 0 Å². The van der Waals surface area contributed by atoms with E-state index >= 15 is 0 Å². The molecule has 2 N–H and O–H groups in total. The monoisotopic (exact) mass is 184 g/mol. The van der Waals surface area contributed by atoms with Crippen molar-refractivity contribution in [3.63, 3.8) is 0 Å². The normalized spacial score (nSPS) is 11.2. The fourth-order valence-electron chi connectivity index (χ4n) is 0.682. The molecule has 12 heavy (non-hydrogen) atoms. The molecule has 0 bridgehead atoms. The number of oxazole rings is 1. The largest absolute Gasteiger partial charge is 0.440 e. The maximum absolute atomic E-state index is 5.28. The minimum Gasteiger partial charge on any atom is -0.440 e. The van der Waals surface area contributed by atoms with E-state index in [2.05, 4.69) is 4.98 Å². The van der Waals surface area contributed by atoms with Gasteiger partial charge in [0.2, 0.25) is 0 Å². The lowest BCUT2D eigenvalue weighted by Crippen LogP contribution is -1.92. The second-order valence-corrected chi connectivity index (χ2v) is 3.24. The van der Waals surface area contributed by atoms with E-state index in [1.54, 1.807) is 18.0 Å². The summed E-state index contributed by atoms with van der Waals surface area (Å²) in [6.45, 7) is 2.49. The van der Waals surface area contributed by atoms with Gasteiger partial charge in [0.1, 0.15) is 6.26 Å². The van der Waals surface area contributed by atoms with Gasteiger partial charge in [-0.1, -0.05) is 23.9 Å². The smallest absolute Gasteiger partial charge is 0.256 e. The van der Waals surface area contributed by atoms with Crippen LogP contribution in [0.2, 0.25) is 0 Å². The van der Waals surface area contributed by atoms with E-state index < -0.39 is 0 Å². The Hall–Kier alpha value is -0.740. The molecule has 0 spiro atoms. The number of rotatable bonds is 4. The molecular weight excluding hydrogens is 172 g/mol. The van der Waals surface area contributed by atoms with Crippen LogP contribution in [0, 0.1) is 6.92 Å². The first-order chi connectivity index (χ1) is 5.83. The van der Waals surface area contributed by atoms with Crippen molar-refractivity contribution >= 4 is 11.8 Å². The average Bonchev–Trinajstić information content (AvgIpc) is 2.45. The van der Waals surface area contributed by atoms with Crippen molar-refractivity contribution < 1.29 is 4.42 Å². The van der Waals surface area contributed by atoms with Crippen molar-refractivity contribution in [3.8, 4) is 0 Å². The third-order valence-corrected chi connectivity index (χ3v) is 2.00. The zero-order valence-corrected chi connectivity index (χ0v) is 7.80. The second kappa shape index (κ2) is 5.00. The van der Waals surface area contributed by atoms with E-state index in [4.69, 9.17) is 10.2 Å². The number of nitrogens with zero attached hydrogens (tertiary/aromatic N) is 1. The van der Waals surface area contributed by atoms with Crippen molar-refractivity contribution in [3.05, 3.63) is 24.1 Å². The van der Waals surface area contributed by atoms with E-state index in [9.17, 15) is 0 Å². The molecule has 0 saturated heterocycles. The van der Waals surface area contributed by atoms with Crippen LogP contribution in [0.3, 0.4) is 0 Å². The van der Waals surface area contributed by atoms with Crippen LogP contribution in [0.1, 0.15) is 5.69 Å². The van der Waals surface area contributed by atoms with E-state index in [-0.39, 0.29) is 0 Å². The summed E-state index contributed by atoms with van der Waals surface area (Å²) >= 11 is 1.56. The fraction of sp³-hybridized carbons (Fsp3) is 0.375. The molecule has 0 aromatic carbocycles. The molecule has 0 saturated carbocycles. The number of aromatic nitrogens is 1. The van der Waals surface area contributed by atoms with Crippen LogP contribution in [0.5, 0.6) is 0 Å². The molecule has 0 aliphatic heterocycles. The van der Waals surface area contributed by atoms with Gasteiger partial charge in [-0.2, -0.15) is 0 Å². The van der Waals surface area contributed by atoms with Crippen molar-refractivity contribution in [2.24, 2.45) is 5.73 Å². The summed E-state index contributed by atoms with van der Waals surface area (Å²) in [5.41, 5.74) is 6.19. The Balaban J connectivity index is 2.28. The summed E-state index contributed by atoms with van der Waals surface area (Å²) in [4.78, 5) is 4.14. The maximum Gasteiger partial charge on any atom is 0.256 e. The van der Waals surface area contributed by atoms with Gasteiger partial charge < -0.3 is 10.2 Å². The Morgan fingerprint density at radius 1 is 1.67 bits per heavy atom. The highest BCUT2D eigenvalue weighted by atomic mass is 32.2. The lowest BCUT2D eigenvalue weighted by Gasteiger charge is -1.87. The van der Waals surface area contributed by atoms with Gasteiger partial charge in [-0.05, 0) is 6.92 Å². The Labute approximate surface area is 76.0 Å². The second-order valence-electron chi connectivity index (χ2n) is 2.27. The highest BCUT2D eigenvalue weighted by molar-refractivity contribution is 7.99. The third-order valence-electron chi connectivity index (χ3n) is 1.20. The van der Waals surface area contributed by atoms with Gasteiger partial charge in [-0.25, -0.2) is 4.98 Å². The molecule has 0 unspecified atom stereocenters. The Morgan fingerprint density at radius 3 is 3.08 bits per heavy atom. The highest BCUT2D eigenvalue weighted by Crippen LogP contribution is 2.16. The first-order valence-electron chi connectivity index (χ1n) is 3.73. The van der Waals surface area contributed by atoms with Gasteiger partial charge in [0, 0.05) is 12.3 Å². The molecule has 1 rings (SSSR count). The lowest BCUT2D eigenvalue weighted by atomic mass is 10.5. The number of nitrogens with two attached hydrogens (primary N) is 1. The molecule has 1 aromatic heterocycles. The van der Waals surface area contributed by atoms with Crippen molar-refractivity contribution in [1.29, 1.82) is 0 Å². The first-order valence-corrected chi connectivity index (χ1v) is 4.71. The van der Waals surface area contributed by atoms with Crippen LogP contribution in [0.15, 0.2) is 28.1 Å². The Kier molecular flexibility index (Phi) is 3.90. The molecule has 0 atom stereocenters. The maximum atomic E-state index is 5.28. The summed E-state index contributed by atoms with van der Waals surface area (Å²) in [7, 11) is 0. The molecule has 0 aliphatic rings. The fourth-order valence-corrected chi connectivity index (χ4v) is 1.38. The molecular formula is C8H12N2OS. The first kappa shape index (κ1) is 9.35. The molecule has 1 heterocycles. The zero-order chi connectivity index (χ0) is 8.81. The minimum atomic E-state index is 0.588. The average molecular weight is 184 g/mol. The van der Waals surface area contributed by atoms with Gasteiger partial charge in [-0.3, -0.25) is 0 Å². The molecule has 0 fully saturated rings. The van der Waals surface area contributed by atoms with E-state index in [0.717, 1.165) is 11.4 Å². The Bertz CT molecular complexity index is 257. The van der Waals surface area contributed by atoms with Gasteiger partial charge in [-0.15, -0.1) is 0 Å². The number of hydrogen-bond acceptors (Lipinski definition) is 4. The summed E-state index contributed by atoms with van der Waals surface area (Å²) < 4.78 is 5.13. The predicted octanol–water partition coefficient (Wildman–Crippen LogP) is 1.59. The summed E-state index contributed by atoms with van der Waals surface area (Å²) in [5, 5.41) is 0.717. The Morgan fingerprint density at radius 2 is 2.50 bits per heavy atom. The van der Waals surface area contributed by atoms with Gasteiger partial charge in [0.05, 0.1) is 5.69 Å². The molecule has 0 aliphatic carbocycles. The number of aryl methyl sites for hydroxylation is 1. The number of hydrogen-bond donors (Lipinski definition) is 1. The van der Waals surface area contributed by atoms with Gasteiger partial charge in [0.15, 0.2) is 0 Å². The summed E-state index contributed by atoms with van der Waals surface area (Å²) in [6, 6.07) is 0. The molecule has 0 radical (unpaired) electrons. The van der Waals surface area contributed by atoms with E-state index in [1.165, 1.54) is 0 Å². The van der Waals surface area contributed by atoms with Crippen LogP contribution >= 0.6 is 11.8 Å². The van der Waals surface area contributed by atoms with Crippen LogP contribution in [-0.2, 0) is 0 Å². The standard InChI is InChI=1S/C8H12N2OS/c1-7-6-11-8(10-7)12-5-3-2-4-9/h2-3,6H,4-5,9H2,1H3/b3-2+. The molecule has 1 aromatic rings. The van der Waals surface area contributed by atoms with Crippen LogP contribution in [-0.4, -0.2) is 17.3 Å². The van der Waals surface area contributed by atoms with Crippen molar-refractivity contribution in [2.45, 2.75) is 12.1 Å². The topological polar surface area (TPSA) is 52.0 Å². The quantitative estimate of drug-likeness (QED) is 0.570. The minimum absolute atomic E-state index is 0.588. The highest BCUT2D eigenvalue weighted by Gasteiger charge is 1.97. The lowest BCUT2D eigenvalue weighted by molar-refractivity contribution is 0.454. The molecule has 4 heteroatoms. The van der Waals surface area contributed by atoms with Crippen LogP contribution in [0.4, 0.5) is 0 Å². The van der Waals surface area contributed by atoms with Gasteiger partial charge in [0.25, 0.3) is 5.22 Å². The molecule has 3 nitrogen and oxygen atoms in total. The van der Waals surface area contributed by atoms with E-state index in [1.807, 2.05) is 19.1 Å². The summed E-state index contributed by atoms with van der Waals surface area (Å²) in [5.74, 6) is 0.858. The number of thioether (sulfide) groups is 1. The molecule has 66 valence electrons. The van der Waals surface area contributed by atoms with Crippen molar-refractivity contribution in [1.82, 2.24) is 4.98 Å². The molecule has 0 amide bonds. The van der Waals surface area contributed by atoms with Gasteiger partial charge >= 0.3 is 0 Å². The third kappa shape index (κ3) is 3.11. The summed E-state index contributed by atoms with van der Waals surface area (Å²) in [6.07, 6.45) is 5.57. The van der Waals surface area contributed by atoms with Crippen molar-refractivity contribution in [2.75, 3.05) is 12.3 Å². The SMILES string of the molecule is Cc1coc(SC/C=C/CN)n1. The predicted molar refractivity (Wildman–Crippen MR) is 50.2 cm³/mol. The van der Waals surface area contributed by atoms with E-state index in [0.29, 0.717) is 11.8 Å². The van der Waals surface area contributed by atoms with Crippen LogP contribution < -0.4 is 5.73 Å². The zero-order valence-electron chi connectivity index (χ0n) is 6.99.